The third-order valence-electron chi connectivity index (χ3n) is 3.36. The molecule has 0 bridgehead atoms. The van der Waals surface area contributed by atoms with Crippen LogP contribution in [-0.2, 0) is 11.2 Å². The molecule has 1 aromatic rings. The van der Waals surface area contributed by atoms with Crippen molar-refractivity contribution in [1.82, 2.24) is 4.90 Å². The molecule has 0 saturated heterocycles. The van der Waals surface area contributed by atoms with Crippen LogP contribution in [0.25, 0.3) is 0 Å². The molecule has 24 heavy (non-hydrogen) atoms. The van der Waals surface area contributed by atoms with E-state index in [0.29, 0.717) is 18.2 Å². The van der Waals surface area contributed by atoms with Crippen LogP contribution in [0.5, 0.6) is 0 Å². The van der Waals surface area contributed by atoms with E-state index in [1.165, 1.54) is 0 Å². The molecule has 6 nitrogen and oxygen atoms in total. The first-order valence-electron chi connectivity index (χ1n) is 8.39. The molecule has 0 radical (unpaired) electrons. The van der Waals surface area contributed by atoms with Gasteiger partial charge >= 0.3 is 6.09 Å². The maximum absolute atomic E-state index is 11.7. The van der Waals surface area contributed by atoms with E-state index >= 15 is 0 Å². The molecule has 134 valence electrons. The van der Waals surface area contributed by atoms with Crippen LogP contribution in [0.1, 0.15) is 40.2 Å². The molecule has 1 rings (SSSR count). The number of ether oxygens (including phenoxy) is 1. The summed E-state index contributed by atoms with van der Waals surface area (Å²) in [5.41, 5.74) is 7.29. The molecule has 0 saturated carbocycles. The van der Waals surface area contributed by atoms with Gasteiger partial charge in [0.25, 0.3) is 0 Å². The molecule has 0 fully saturated rings. The van der Waals surface area contributed by atoms with Crippen molar-refractivity contribution in [2.75, 3.05) is 25.0 Å². The zero-order chi connectivity index (χ0) is 18.2. The normalized spacial score (nSPS) is 12.0. The highest BCUT2D eigenvalue weighted by Gasteiger charge is 2.16. The summed E-state index contributed by atoms with van der Waals surface area (Å²) in [5, 5.41) is 2.71. The van der Waals surface area contributed by atoms with Crippen LogP contribution in [0, 0.1) is 0 Å². The highest BCUT2D eigenvalue weighted by atomic mass is 16.6. The SMILES string of the molecule is CCN(CC)C(N)=NCCc1ccc(NC(=O)OC(C)(C)C)cc1. The number of hydrogen-bond donors (Lipinski definition) is 2. The largest absolute Gasteiger partial charge is 0.444 e. The van der Waals surface area contributed by atoms with Crippen molar-refractivity contribution in [3.8, 4) is 0 Å². The standard InChI is InChI=1S/C18H30N4O2/c1-6-22(7-2)16(19)20-13-12-14-8-10-15(11-9-14)21-17(23)24-18(3,4)5/h8-11H,6-7,12-13H2,1-5H3,(H2,19,20)(H,21,23). The Labute approximate surface area is 145 Å². The molecule has 0 aliphatic heterocycles. The molecule has 0 aliphatic rings. The number of nitrogens with two attached hydrogens (primary N) is 1. The van der Waals surface area contributed by atoms with Crippen LogP contribution >= 0.6 is 0 Å². The van der Waals surface area contributed by atoms with Gasteiger partial charge in [-0.05, 0) is 58.7 Å². The number of nitrogens with zero attached hydrogens (tertiary/aromatic N) is 2. The predicted molar refractivity (Wildman–Crippen MR) is 99.4 cm³/mol. The Morgan fingerprint density at radius 1 is 1.21 bits per heavy atom. The van der Waals surface area contributed by atoms with Gasteiger partial charge in [0.05, 0.1) is 0 Å². The van der Waals surface area contributed by atoms with E-state index in [4.69, 9.17) is 10.5 Å². The number of rotatable bonds is 6. The molecule has 0 aliphatic carbocycles. The lowest BCUT2D eigenvalue weighted by atomic mass is 10.1. The van der Waals surface area contributed by atoms with Gasteiger partial charge < -0.3 is 15.4 Å². The van der Waals surface area contributed by atoms with Crippen molar-refractivity contribution in [2.24, 2.45) is 10.7 Å². The second-order valence-corrected chi connectivity index (χ2v) is 6.49. The molecule has 0 spiro atoms. The second kappa shape index (κ2) is 9.15. The Balaban J connectivity index is 2.50. The van der Waals surface area contributed by atoms with Crippen molar-refractivity contribution >= 4 is 17.7 Å². The van der Waals surface area contributed by atoms with E-state index in [1.807, 2.05) is 49.9 Å². The Bertz CT molecular complexity index is 543. The summed E-state index contributed by atoms with van der Waals surface area (Å²) in [6.45, 7) is 12.0. The van der Waals surface area contributed by atoms with Gasteiger partial charge in [-0.3, -0.25) is 10.3 Å². The summed E-state index contributed by atoms with van der Waals surface area (Å²) >= 11 is 0. The maximum atomic E-state index is 11.7. The van der Waals surface area contributed by atoms with Gasteiger partial charge in [-0.1, -0.05) is 12.1 Å². The number of benzene rings is 1. The van der Waals surface area contributed by atoms with Crippen LogP contribution in [0.15, 0.2) is 29.3 Å². The van der Waals surface area contributed by atoms with Gasteiger partial charge in [0.1, 0.15) is 5.60 Å². The van der Waals surface area contributed by atoms with E-state index in [2.05, 4.69) is 24.2 Å². The maximum Gasteiger partial charge on any atom is 0.412 e. The monoisotopic (exact) mass is 334 g/mol. The topological polar surface area (TPSA) is 80.0 Å². The fourth-order valence-corrected chi connectivity index (χ4v) is 2.12. The molecule has 1 aromatic carbocycles. The van der Waals surface area contributed by atoms with Gasteiger partial charge in [-0.25, -0.2) is 4.79 Å². The third-order valence-corrected chi connectivity index (χ3v) is 3.36. The number of guanidine groups is 1. The quantitative estimate of drug-likeness (QED) is 0.618. The summed E-state index contributed by atoms with van der Waals surface area (Å²) in [4.78, 5) is 18.1. The lowest BCUT2D eigenvalue weighted by Gasteiger charge is -2.19. The number of hydrogen-bond acceptors (Lipinski definition) is 3. The van der Waals surface area contributed by atoms with E-state index in [9.17, 15) is 4.79 Å². The summed E-state index contributed by atoms with van der Waals surface area (Å²) in [7, 11) is 0. The average molecular weight is 334 g/mol. The van der Waals surface area contributed by atoms with E-state index in [-0.39, 0.29) is 0 Å². The fraction of sp³-hybridized carbons (Fsp3) is 0.556. The number of carbonyl (C=O) groups excluding carboxylic acids is 1. The lowest BCUT2D eigenvalue weighted by molar-refractivity contribution is 0.0636. The Hall–Kier alpha value is -2.24. The number of nitrogens with one attached hydrogen (secondary N) is 1. The smallest absolute Gasteiger partial charge is 0.412 e. The minimum absolute atomic E-state index is 0.452. The Kier molecular flexibility index (Phi) is 7.55. The Morgan fingerprint density at radius 3 is 2.29 bits per heavy atom. The number of amides is 1. The molecular weight excluding hydrogens is 304 g/mol. The van der Waals surface area contributed by atoms with E-state index in [0.717, 1.165) is 25.1 Å². The summed E-state index contributed by atoms with van der Waals surface area (Å²) in [6, 6.07) is 7.65. The van der Waals surface area contributed by atoms with Crippen LogP contribution in [-0.4, -0.2) is 42.2 Å². The summed E-state index contributed by atoms with van der Waals surface area (Å²) in [6.07, 6.45) is 0.348. The number of anilines is 1. The van der Waals surface area contributed by atoms with Crippen molar-refractivity contribution in [2.45, 2.75) is 46.6 Å². The fourth-order valence-electron chi connectivity index (χ4n) is 2.12. The first-order chi connectivity index (χ1) is 11.2. The van der Waals surface area contributed by atoms with Gasteiger partial charge in [-0.15, -0.1) is 0 Å². The summed E-state index contributed by atoms with van der Waals surface area (Å²) < 4.78 is 5.22. The first kappa shape index (κ1) is 19.8. The molecule has 1 amide bonds. The molecule has 0 atom stereocenters. The number of carbonyl (C=O) groups is 1. The minimum Gasteiger partial charge on any atom is -0.444 e. The van der Waals surface area contributed by atoms with Crippen molar-refractivity contribution < 1.29 is 9.53 Å². The van der Waals surface area contributed by atoms with Crippen LogP contribution in [0.3, 0.4) is 0 Å². The third kappa shape index (κ3) is 7.35. The van der Waals surface area contributed by atoms with Gasteiger partial charge in [0, 0.05) is 25.3 Å². The van der Waals surface area contributed by atoms with Crippen LogP contribution < -0.4 is 11.1 Å². The zero-order valence-corrected chi connectivity index (χ0v) is 15.4. The average Bonchev–Trinajstić information content (AvgIpc) is 2.48. The number of aliphatic imine (C=N–C) groups is 1. The van der Waals surface area contributed by atoms with E-state index < -0.39 is 11.7 Å². The molecule has 0 unspecified atom stereocenters. The first-order valence-corrected chi connectivity index (χ1v) is 8.39. The predicted octanol–water partition coefficient (Wildman–Crippen LogP) is 3.23. The van der Waals surface area contributed by atoms with Crippen molar-refractivity contribution in [1.29, 1.82) is 0 Å². The van der Waals surface area contributed by atoms with Crippen LogP contribution in [0.2, 0.25) is 0 Å². The molecule has 6 heteroatoms. The molecule has 3 N–H and O–H groups in total. The highest BCUT2D eigenvalue weighted by Crippen LogP contribution is 2.13. The minimum atomic E-state index is -0.507. The molecular formula is C18H30N4O2. The van der Waals surface area contributed by atoms with E-state index in [1.54, 1.807) is 0 Å². The second-order valence-electron chi connectivity index (χ2n) is 6.49. The zero-order valence-electron chi connectivity index (χ0n) is 15.4. The van der Waals surface area contributed by atoms with Gasteiger partial charge in [0.15, 0.2) is 5.96 Å². The highest BCUT2D eigenvalue weighted by molar-refractivity contribution is 5.84. The van der Waals surface area contributed by atoms with Crippen molar-refractivity contribution in [3.63, 3.8) is 0 Å². The molecule has 0 heterocycles. The van der Waals surface area contributed by atoms with Gasteiger partial charge in [-0.2, -0.15) is 0 Å². The summed E-state index contributed by atoms with van der Waals surface area (Å²) in [5.74, 6) is 0.586. The molecule has 0 aromatic heterocycles. The van der Waals surface area contributed by atoms with Crippen molar-refractivity contribution in [3.05, 3.63) is 29.8 Å². The van der Waals surface area contributed by atoms with Crippen LogP contribution in [0.4, 0.5) is 10.5 Å². The Morgan fingerprint density at radius 2 is 1.79 bits per heavy atom. The lowest BCUT2D eigenvalue weighted by Crippen LogP contribution is -2.37. The van der Waals surface area contributed by atoms with Gasteiger partial charge in [0.2, 0.25) is 0 Å².